The first-order chi connectivity index (χ1) is 9.90. The Balaban J connectivity index is 2.79. The second-order valence-corrected chi connectivity index (χ2v) is 7.38. The fourth-order valence-electron chi connectivity index (χ4n) is 3.21. The van der Waals surface area contributed by atoms with Crippen LogP contribution in [0.25, 0.3) is 0 Å². The minimum atomic E-state index is 0.246. The van der Waals surface area contributed by atoms with E-state index in [2.05, 4.69) is 46.8 Å². The van der Waals surface area contributed by atoms with Crippen molar-refractivity contribution in [3.05, 3.63) is 23.3 Å². The predicted molar refractivity (Wildman–Crippen MR) is 92.3 cm³/mol. The first kappa shape index (κ1) is 18.2. The molecule has 0 spiro atoms. The van der Waals surface area contributed by atoms with E-state index in [1.807, 2.05) is 0 Å². The van der Waals surface area contributed by atoms with Crippen molar-refractivity contribution < 1.29 is 4.79 Å². The van der Waals surface area contributed by atoms with Crippen LogP contribution < -0.4 is 0 Å². The minimum Gasteiger partial charge on any atom is -0.299 e. The zero-order valence-corrected chi connectivity index (χ0v) is 14.7. The van der Waals surface area contributed by atoms with Gasteiger partial charge in [0, 0.05) is 12.3 Å². The molecule has 0 bridgehead atoms. The average Bonchev–Trinajstić information content (AvgIpc) is 2.37. The molecule has 1 aliphatic carbocycles. The van der Waals surface area contributed by atoms with Gasteiger partial charge in [0.2, 0.25) is 0 Å². The summed E-state index contributed by atoms with van der Waals surface area (Å²) in [6.07, 6.45) is 12.2. The van der Waals surface area contributed by atoms with Gasteiger partial charge in [0.15, 0.2) is 0 Å². The Morgan fingerprint density at radius 2 is 1.62 bits per heavy atom. The fourth-order valence-corrected chi connectivity index (χ4v) is 3.21. The molecule has 1 rings (SSSR count). The zero-order chi connectivity index (χ0) is 15.8. The summed E-state index contributed by atoms with van der Waals surface area (Å²) in [7, 11) is 0. The standard InChI is InChI=1S/C20H34O/c1-15(2)19-13-12-17(4)10-6-8-16(3)9-7-11-18(5)14-20(19)21/h9-10,15,18-19H,6-8,11-14H2,1-5H3. The summed E-state index contributed by atoms with van der Waals surface area (Å²) in [5, 5.41) is 0. The van der Waals surface area contributed by atoms with Crippen molar-refractivity contribution in [3.8, 4) is 0 Å². The van der Waals surface area contributed by atoms with E-state index in [0.29, 0.717) is 17.6 Å². The Morgan fingerprint density at radius 3 is 2.29 bits per heavy atom. The Hall–Kier alpha value is -0.850. The van der Waals surface area contributed by atoms with Crippen LogP contribution in [0.1, 0.15) is 79.6 Å². The van der Waals surface area contributed by atoms with Crippen LogP contribution in [0.15, 0.2) is 23.3 Å². The van der Waals surface area contributed by atoms with Crippen molar-refractivity contribution in [2.24, 2.45) is 17.8 Å². The smallest absolute Gasteiger partial charge is 0.136 e. The molecule has 1 aliphatic rings. The van der Waals surface area contributed by atoms with Gasteiger partial charge < -0.3 is 0 Å². The summed E-state index contributed by atoms with van der Waals surface area (Å²) in [5.74, 6) is 1.72. The fraction of sp³-hybridized carbons (Fsp3) is 0.750. The van der Waals surface area contributed by atoms with E-state index >= 15 is 0 Å². The van der Waals surface area contributed by atoms with E-state index in [1.54, 1.807) is 0 Å². The third-order valence-corrected chi connectivity index (χ3v) is 4.80. The maximum Gasteiger partial charge on any atom is 0.136 e. The lowest BCUT2D eigenvalue weighted by atomic mass is 9.82. The summed E-state index contributed by atoms with van der Waals surface area (Å²) >= 11 is 0. The number of carbonyl (C=O) groups excluding carboxylic acids is 1. The second-order valence-electron chi connectivity index (χ2n) is 7.38. The molecule has 21 heavy (non-hydrogen) atoms. The highest BCUT2D eigenvalue weighted by molar-refractivity contribution is 5.81. The molecule has 0 heterocycles. The molecule has 0 aromatic rings. The Labute approximate surface area is 131 Å². The van der Waals surface area contributed by atoms with Gasteiger partial charge in [0.05, 0.1) is 0 Å². The van der Waals surface area contributed by atoms with Crippen molar-refractivity contribution >= 4 is 5.78 Å². The first-order valence-electron chi connectivity index (χ1n) is 8.74. The van der Waals surface area contributed by atoms with Gasteiger partial charge >= 0.3 is 0 Å². The number of hydrogen-bond donors (Lipinski definition) is 0. The van der Waals surface area contributed by atoms with Crippen LogP contribution in [-0.4, -0.2) is 5.78 Å². The van der Waals surface area contributed by atoms with E-state index in [-0.39, 0.29) is 5.92 Å². The monoisotopic (exact) mass is 290 g/mol. The number of Topliss-reactive ketones (excluding diaryl/α,β-unsaturated/α-hetero) is 1. The van der Waals surface area contributed by atoms with Crippen LogP contribution in [-0.2, 0) is 4.79 Å². The molecule has 0 N–H and O–H groups in total. The lowest BCUT2D eigenvalue weighted by Gasteiger charge is -2.22. The van der Waals surface area contributed by atoms with Gasteiger partial charge in [-0.1, -0.05) is 44.1 Å². The summed E-state index contributed by atoms with van der Waals surface area (Å²) in [4.78, 5) is 12.6. The molecule has 1 heteroatoms. The molecule has 0 aromatic heterocycles. The van der Waals surface area contributed by atoms with E-state index in [9.17, 15) is 4.79 Å². The van der Waals surface area contributed by atoms with E-state index < -0.39 is 0 Å². The maximum atomic E-state index is 12.6. The van der Waals surface area contributed by atoms with Gasteiger partial charge in [-0.15, -0.1) is 0 Å². The topological polar surface area (TPSA) is 17.1 Å². The summed E-state index contributed by atoms with van der Waals surface area (Å²) in [6.45, 7) is 11.1. The minimum absolute atomic E-state index is 0.246. The van der Waals surface area contributed by atoms with Gasteiger partial charge in [-0.25, -0.2) is 0 Å². The van der Waals surface area contributed by atoms with Gasteiger partial charge in [-0.2, -0.15) is 0 Å². The molecule has 0 fully saturated rings. The third-order valence-electron chi connectivity index (χ3n) is 4.80. The van der Waals surface area contributed by atoms with Crippen molar-refractivity contribution in [1.29, 1.82) is 0 Å². The number of ketones is 1. The maximum absolute atomic E-state index is 12.6. The van der Waals surface area contributed by atoms with Gasteiger partial charge in [-0.3, -0.25) is 4.79 Å². The highest BCUT2D eigenvalue weighted by Gasteiger charge is 2.23. The molecule has 2 unspecified atom stereocenters. The summed E-state index contributed by atoms with van der Waals surface area (Å²) in [5.41, 5.74) is 2.95. The molecular weight excluding hydrogens is 256 g/mol. The van der Waals surface area contributed by atoms with Crippen LogP contribution >= 0.6 is 0 Å². The van der Waals surface area contributed by atoms with E-state index in [1.165, 1.54) is 17.6 Å². The second kappa shape index (κ2) is 9.23. The SMILES string of the molecule is CC1=CCCC(C)CC(=O)C(C(C)C)CCC(C)=CCC1. The number of allylic oxidation sites excluding steroid dienone is 4. The summed E-state index contributed by atoms with van der Waals surface area (Å²) < 4.78 is 0. The first-order valence-corrected chi connectivity index (χ1v) is 8.74. The zero-order valence-electron chi connectivity index (χ0n) is 14.7. The molecule has 0 saturated heterocycles. The number of rotatable bonds is 1. The number of hydrogen-bond acceptors (Lipinski definition) is 1. The van der Waals surface area contributed by atoms with Gasteiger partial charge in [0.25, 0.3) is 0 Å². The number of carbonyl (C=O) groups is 1. The summed E-state index contributed by atoms with van der Waals surface area (Å²) in [6, 6.07) is 0. The lowest BCUT2D eigenvalue weighted by molar-refractivity contribution is -0.125. The molecule has 2 atom stereocenters. The largest absolute Gasteiger partial charge is 0.299 e. The highest BCUT2D eigenvalue weighted by Crippen LogP contribution is 2.26. The molecule has 0 radical (unpaired) electrons. The van der Waals surface area contributed by atoms with E-state index in [4.69, 9.17) is 0 Å². The molecule has 1 nitrogen and oxygen atoms in total. The predicted octanol–water partition coefficient (Wildman–Crippen LogP) is 6.10. The van der Waals surface area contributed by atoms with Crippen molar-refractivity contribution in [2.45, 2.75) is 79.6 Å². The lowest BCUT2D eigenvalue weighted by Crippen LogP contribution is -2.22. The quantitative estimate of drug-likeness (QED) is 0.533. The Bertz CT molecular complexity index is 387. The molecular formula is C20H34O. The van der Waals surface area contributed by atoms with Crippen molar-refractivity contribution in [2.75, 3.05) is 0 Å². The van der Waals surface area contributed by atoms with Crippen LogP contribution in [0.4, 0.5) is 0 Å². The molecule has 0 saturated carbocycles. The van der Waals surface area contributed by atoms with Crippen molar-refractivity contribution in [1.82, 2.24) is 0 Å². The normalized spacial score (nSPS) is 27.0. The van der Waals surface area contributed by atoms with Crippen LogP contribution in [0.2, 0.25) is 0 Å². The Kier molecular flexibility index (Phi) is 8.00. The van der Waals surface area contributed by atoms with Crippen LogP contribution in [0.5, 0.6) is 0 Å². The molecule has 0 aromatic carbocycles. The van der Waals surface area contributed by atoms with Gasteiger partial charge in [-0.05, 0) is 64.2 Å². The van der Waals surface area contributed by atoms with Crippen LogP contribution in [0, 0.1) is 17.8 Å². The molecule has 0 amide bonds. The van der Waals surface area contributed by atoms with Gasteiger partial charge in [0.1, 0.15) is 5.78 Å². The van der Waals surface area contributed by atoms with E-state index in [0.717, 1.165) is 38.5 Å². The molecule has 0 aliphatic heterocycles. The highest BCUT2D eigenvalue weighted by atomic mass is 16.1. The molecule has 120 valence electrons. The van der Waals surface area contributed by atoms with Crippen molar-refractivity contribution in [3.63, 3.8) is 0 Å². The Morgan fingerprint density at radius 1 is 1.00 bits per heavy atom. The van der Waals surface area contributed by atoms with Crippen LogP contribution in [0.3, 0.4) is 0 Å². The average molecular weight is 290 g/mol. The third kappa shape index (κ3) is 7.11.